The van der Waals surface area contributed by atoms with E-state index in [1.165, 1.54) is 10.4 Å². The van der Waals surface area contributed by atoms with E-state index in [1.807, 2.05) is 12.1 Å². The number of nitro groups is 1. The van der Waals surface area contributed by atoms with Gasteiger partial charge in [0.25, 0.3) is 11.2 Å². The molecule has 2 unspecified atom stereocenters. The number of rotatable bonds is 4. The SMILES string of the molecule is CC1CCc2c(sc3nc(C(C)N4CCN(c5ccc([N+](=O)[O-])cc5)CC4)[nH]c(=O)c23)C1. The van der Waals surface area contributed by atoms with E-state index in [2.05, 4.69) is 28.6 Å². The number of aromatic amines is 1. The number of piperazine rings is 1. The zero-order valence-corrected chi connectivity index (χ0v) is 19.2. The fourth-order valence-corrected chi connectivity index (χ4v) is 6.28. The Morgan fingerprint density at radius 1 is 1.22 bits per heavy atom. The number of nitrogens with zero attached hydrogens (tertiary/aromatic N) is 4. The molecule has 3 aromatic rings. The molecule has 1 fully saturated rings. The average Bonchev–Trinajstić information content (AvgIpc) is 3.16. The van der Waals surface area contributed by atoms with Gasteiger partial charge in [0, 0.05) is 48.9 Å². The molecule has 1 N–H and O–H groups in total. The number of fused-ring (bicyclic) bond motifs is 3. The highest BCUT2D eigenvalue weighted by atomic mass is 32.1. The summed E-state index contributed by atoms with van der Waals surface area (Å²) >= 11 is 1.69. The molecule has 168 valence electrons. The zero-order chi connectivity index (χ0) is 22.4. The lowest BCUT2D eigenvalue weighted by molar-refractivity contribution is -0.384. The lowest BCUT2D eigenvalue weighted by Crippen LogP contribution is -2.47. The Kier molecular flexibility index (Phi) is 5.46. The number of nitro benzene ring substituents is 1. The average molecular weight is 454 g/mol. The number of hydrogen-bond donors (Lipinski definition) is 1. The monoisotopic (exact) mass is 453 g/mol. The van der Waals surface area contributed by atoms with Crippen LogP contribution in [0.3, 0.4) is 0 Å². The summed E-state index contributed by atoms with van der Waals surface area (Å²) < 4.78 is 0. The van der Waals surface area contributed by atoms with E-state index in [-0.39, 0.29) is 22.2 Å². The Morgan fingerprint density at radius 2 is 1.94 bits per heavy atom. The fraction of sp³-hybridized carbons (Fsp3) is 0.478. The predicted octanol–water partition coefficient (Wildman–Crippen LogP) is 3.90. The number of H-pyrrole nitrogens is 1. The maximum Gasteiger partial charge on any atom is 0.269 e. The summed E-state index contributed by atoms with van der Waals surface area (Å²) in [6.45, 7) is 7.67. The standard InChI is InChI=1S/C23H27N5O3S/c1-14-3-8-18-19(13-14)32-23-20(18)22(29)24-21(25-23)15(2)26-9-11-27(12-10-26)16-4-6-17(7-5-16)28(30)31/h4-7,14-15H,3,8-13H2,1-2H3,(H,24,25,29). The number of anilines is 1. The molecule has 32 heavy (non-hydrogen) atoms. The molecule has 3 heterocycles. The summed E-state index contributed by atoms with van der Waals surface area (Å²) in [7, 11) is 0. The molecule has 1 aromatic carbocycles. The first kappa shape index (κ1) is 21.1. The highest BCUT2D eigenvalue weighted by Crippen LogP contribution is 2.36. The van der Waals surface area contributed by atoms with Gasteiger partial charge in [-0.1, -0.05) is 6.92 Å². The van der Waals surface area contributed by atoms with Crippen molar-refractivity contribution in [1.29, 1.82) is 0 Å². The molecule has 9 heteroatoms. The van der Waals surface area contributed by atoms with Gasteiger partial charge in [0.2, 0.25) is 0 Å². The van der Waals surface area contributed by atoms with Crippen LogP contribution in [0.4, 0.5) is 11.4 Å². The van der Waals surface area contributed by atoms with E-state index in [1.54, 1.807) is 23.5 Å². The minimum absolute atomic E-state index is 0.00609. The van der Waals surface area contributed by atoms with Crippen LogP contribution in [-0.4, -0.2) is 46.0 Å². The second-order valence-corrected chi connectivity index (χ2v) is 10.0. The molecule has 1 aliphatic carbocycles. The Hall–Kier alpha value is -2.78. The van der Waals surface area contributed by atoms with Gasteiger partial charge in [-0.15, -0.1) is 11.3 Å². The van der Waals surface area contributed by atoms with E-state index in [0.29, 0.717) is 5.92 Å². The summed E-state index contributed by atoms with van der Waals surface area (Å²) in [5.74, 6) is 1.40. The molecule has 2 atom stereocenters. The predicted molar refractivity (Wildman–Crippen MR) is 127 cm³/mol. The quantitative estimate of drug-likeness (QED) is 0.475. The zero-order valence-electron chi connectivity index (χ0n) is 18.3. The van der Waals surface area contributed by atoms with Crippen LogP contribution in [0.15, 0.2) is 29.1 Å². The van der Waals surface area contributed by atoms with Crippen molar-refractivity contribution in [2.24, 2.45) is 5.92 Å². The second kappa shape index (κ2) is 8.29. The van der Waals surface area contributed by atoms with Gasteiger partial charge in [0.1, 0.15) is 10.7 Å². The van der Waals surface area contributed by atoms with E-state index < -0.39 is 0 Å². The molecule has 5 rings (SSSR count). The Bertz CT molecular complexity index is 1210. The summed E-state index contributed by atoms with van der Waals surface area (Å²) in [6.07, 6.45) is 3.15. The number of aryl methyl sites for hydroxylation is 1. The second-order valence-electron chi connectivity index (χ2n) is 8.96. The van der Waals surface area contributed by atoms with Crippen molar-refractivity contribution in [2.75, 3.05) is 31.1 Å². The van der Waals surface area contributed by atoms with E-state index in [9.17, 15) is 14.9 Å². The number of aromatic nitrogens is 2. The number of non-ortho nitro benzene ring substituents is 1. The van der Waals surface area contributed by atoms with Crippen molar-refractivity contribution in [2.45, 2.75) is 39.2 Å². The number of benzene rings is 1. The Morgan fingerprint density at radius 3 is 2.62 bits per heavy atom. The molecule has 2 aromatic heterocycles. The fourth-order valence-electron chi connectivity index (χ4n) is 4.89. The Labute approximate surface area is 190 Å². The molecular formula is C23H27N5O3S. The largest absolute Gasteiger partial charge is 0.369 e. The highest BCUT2D eigenvalue weighted by Gasteiger charge is 2.27. The molecule has 8 nitrogen and oxygen atoms in total. The smallest absolute Gasteiger partial charge is 0.269 e. The van der Waals surface area contributed by atoms with E-state index in [4.69, 9.17) is 4.98 Å². The molecule has 1 saturated heterocycles. The first-order chi connectivity index (χ1) is 15.4. The van der Waals surface area contributed by atoms with Gasteiger partial charge < -0.3 is 9.88 Å². The molecule has 0 spiro atoms. The number of hydrogen-bond acceptors (Lipinski definition) is 7. The van der Waals surface area contributed by atoms with Crippen LogP contribution in [0.5, 0.6) is 0 Å². The van der Waals surface area contributed by atoms with Crippen LogP contribution in [-0.2, 0) is 12.8 Å². The van der Waals surface area contributed by atoms with Gasteiger partial charge in [-0.05, 0) is 49.8 Å². The lowest BCUT2D eigenvalue weighted by Gasteiger charge is -2.38. The van der Waals surface area contributed by atoms with Gasteiger partial charge >= 0.3 is 0 Å². The molecular weight excluding hydrogens is 426 g/mol. The van der Waals surface area contributed by atoms with Gasteiger partial charge in [-0.3, -0.25) is 19.8 Å². The van der Waals surface area contributed by atoms with Gasteiger partial charge in [0.05, 0.1) is 16.4 Å². The normalized spacial score (nSPS) is 20.3. The third kappa shape index (κ3) is 3.80. The van der Waals surface area contributed by atoms with Crippen molar-refractivity contribution in [3.05, 3.63) is 61.0 Å². The van der Waals surface area contributed by atoms with Crippen molar-refractivity contribution >= 4 is 32.9 Å². The van der Waals surface area contributed by atoms with Crippen LogP contribution >= 0.6 is 11.3 Å². The first-order valence-electron chi connectivity index (χ1n) is 11.2. The number of thiophene rings is 1. The van der Waals surface area contributed by atoms with Crippen LogP contribution in [0, 0.1) is 16.0 Å². The molecule has 1 aliphatic heterocycles. The summed E-state index contributed by atoms with van der Waals surface area (Å²) in [5.41, 5.74) is 2.31. The van der Waals surface area contributed by atoms with Crippen molar-refractivity contribution in [3.63, 3.8) is 0 Å². The minimum Gasteiger partial charge on any atom is -0.369 e. The van der Waals surface area contributed by atoms with E-state index >= 15 is 0 Å². The van der Waals surface area contributed by atoms with Crippen LogP contribution < -0.4 is 10.5 Å². The molecule has 0 amide bonds. The van der Waals surface area contributed by atoms with Gasteiger partial charge in [0.15, 0.2) is 0 Å². The van der Waals surface area contributed by atoms with Crippen molar-refractivity contribution < 1.29 is 4.92 Å². The molecule has 0 saturated carbocycles. The van der Waals surface area contributed by atoms with Crippen molar-refractivity contribution in [3.8, 4) is 0 Å². The molecule has 2 aliphatic rings. The van der Waals surface area contributed by atoms with Gasteiger partial charge in [-0.2, -0.15) is 0 Å². The third-order valence-electron chi connectivity index (χ3n) is 6.87. The number of nitrogens with one attached hydrogen (secondary N) is 1. The minimum atomic E-state index is -0.376. The molecule has 0 radical (unpaired) electrons. The lowest BCUT2D eigenvalue weighted by atomic mass is 9.89. The van der Waals surface area contributed by atoms with Crippen LogP contribution in [0.25, 0.3) is 10.2 Å². The van der Waals surface area contributed by atoms with Gasteiger partial charge in [-0.25, -0.2) is 4.98 Å². The van der Waals surface area contributed by atoms with Crippen molar-refractivity contribution in [1.82, 2.24) is 14.9 Å². The van der Waals surface area contributed by atoms with E-state index in [0.717, 1.165) is 67.2 Å². The summed E-state index contributed by atoms with van der Waals surface area (Å²) in [5, 5.41) is 11.7. The summed E-state index contributed by atoms with van der Waals surface area (Å²) in [6, 6.07) is 6.74. The van der Waals surface area contributed by atoms with Crippen LogP contribution in [0.1, 0.15) is 42.6 Å². The summed E-state index contributed by atoms with van der Waals surface area (Å²) in [4.78, 5) is 38.2. The topological polar surface area (TPSA) is 95.4 Å². The van der Waals surface area contributed by atoms with Crippen LogP contribution in [0.2, 0.25) is 0 Å². The first-order valence-corrected chi connectivity index (χ1v) is 12.0. The molecule has 0 bridgehead atoms. The maximum absolute atomic E-state index is 13.0. The Balaban J connectivity index is 1.31. The maximum atomic E-state index is 13.0. The highest BCUT2D eigenvalue weighted by molar-refractivity contribution is 7.18. The third-order valence-corrected chi connectivity index (χ3v) is 8.02.